The lowest BCUT2D eigenvalue weighted by atomic mass is 9.87. The second kappa shape index (κ2) is 4.52. The van der Waals surface area contributed by atoms with Gasteiger partial charge in [0.1, 0.15) is 0 Å². The van der Waals surface area contributed by atoms with Crippen molar-refractivity contribution in [1.82, 2.24) is 0 Å². The molecule has 5 atom stereocenters. The van der Waals surface area contributed by atoms with Crippen LogP contribution in [0.3, 0.4) is 0 Å². The van der Waals surface area contributed by atoms with E-state index >= 15 is 0 Å². The second-order valence-corrected chi connectivity index (χ2v) is 5.06. The Kier molecular flexibility index (Phi) is 3.29. The third-order valence-electron chi connectivity index (χ3n) is 3.36. The van der Waals surface area contributed by atoms with E-state index in [2.05, 4.69) is 46.2 Å². The van der Waals surface area contributed by atoms with Crippen molar-refractivity contribution in [1.29, 1.82) is 0 Å². The molecule has 2 rings (SSSR count). The number of hydrogen-bond donors (Lipinski definition) is 1. The minimum absolute atomic E-state index is 0.196. The van der Waals surface area contributed by atoms with Crippen LogP contribution in [0.15, 0.2) is 23.8 Å². The monoisotopic (exact) mass is 219 g/mol. The van der Waals surface area contributed by atoms with Gasteiger partial charge in [0.05, 0.1) is 0 Å². The van der Waals surface area contributed by atoms with E-state index < -0.39 is 0 Å². The Morgan fingerprint density at radius 2 is 2.40 bits per heavy atom. The Hall–Kier alpha value is -0.570. The van der Waals surface area contributed by atoms with Crippen molar-refractivity contribution in [3.8, 4) is 11.8 Å². The highest BCUT2D eigenvalue weighted by Crippen LogP contribution is 2.31. The van der Waals surface area contributed by atoms with Gasteiger partial charge in [-0.05, 0) is 12.8 Å². The van der Waals surface area contributed by atoms with E-state index in [1.807, 2.05) is 0 Å². The summed E-state index contributed by atoms with van der Waals surface area (Å²) in [5.74, 6) is 7.38. The van der Waals surface area contributed by atoms with E-state index in [0.717, 1.165) is 12.8 Å². The molecule has 0 amide bonds. The van der Waals surface area contributed by atoms with Crippen LogP contribution in [0.2, 0.25) is 0 Å². The SMILES string of the molecule is CCC1C2=CCC=CC(C#C2)C(P)C1N. The Balaban J connectivity index is 2.42. The maximum atomic E-state index is 6.32. The van der Waals surface area contributed by atoms with Crippen molar-refractivity contribution in [2.24, 2.45) is 17.6 Å². The fourth-order valence-corrected chi connectivity index (χ4v) is 2.85. The highest BCUT2D eigenvalue weighted by Gasteiger charge is 2.30. The Bertz CT molecular complexity index is 358. The predicted octanol–water partition coefficient (Wildman–Crippen LogP) is 2.10. The third-order valence-corrected chi connectivity index (χ3v) is 4.22. The first-order chi connectivity index (χ1) is 7.24. The summed E-state index contributed by atoms with van der Waals surface area (Å²) in [5.41, 5.74) is 7.95. The molecule has 0 spiro atoms. The molecule has 2 aliphatic carbocycles. The van der Waals surface area contributed by atoms with Crippen LogP contribution in [0, 0.1) is 23.7 Å². The molecule has 0 aromatic carbocycles. The summed E-state index contributed by atoms with van der Waals surface area (Å²) in [7, 11) is 2.88. The van der Waals surface area contributed by atoms with Crippen LogP contribution in [0.4, 0.5) is 0 Å². The summed E-state index contributed by atoms with van der Waals surface area (Å²) in [5, 5.41) is 0. The van der Waals surface area contributed by atoms with Crippen LogP contribution in [0.5, 0.6) is 0 Å². The highest BCUT2D eigenvalue weighted by atomic mass is 31.0. The van der Waals surface area contributed by atoms with Crippen LogP contribution in [-0.2, 0) is 0 Å². The van der Waals surface area contributed by atoms with Crippen molar-refractivity contribution in [2.75, 3.05) is 0 Å². The summed E-state index contributed by atoms with van der Waals surface area (Å²) < 4.78 is 0. The zero-order valence-corrected chi connectivity index (χ0v) is 10.3. The van der Waals surface area contributed by atoms with Gasteiger partial charge in [0.2, 0.25) is 0 Å². The molecule has 0 aromatic rings. The molecular weight excluding hydrogens is 201 g/mol. The van der Waals surface area contributed by atoms with Gasteiger partial charge in [-0.15, -0.1) is 9.24 Å². The van der Waals surface area contributed by atoms with Crippen LogP contribution in [0.1, 0.15) is 19.8 Å². The third kappa shape index (κ3) is 2.03. The minimum Gasteiger partial charge on any atom is -0.327 e. The zero-order chi connectivity index (χ0) is 10.8. The molecule has 0 aliphatic heterocycles. The first-order valence-electron chi connectivity index (χ1n) is 5.63. The minimum atomic E-state index is 0.196. The van der Waals surface area contributed by atoms with Gasteiger partial charge < -0.3 is 5.73 Å². The molecule has 0 radical (unpaired) electrons. The molecule has 0 aromatic heterocycles. The van der Waals surface area contributed by atoms with Gasteiger partial charge in [-0.2, -0.15) is 0 Å². The van der Waals surface area contributed by atoms with Crippen LogP contribution < -0.4 is 5.73 Å². The maximum absolute atomic E-state index is 6.32. The normalized spacial score (nSPS) is 38.5. The summed E-state index contributed by atoms with van der Waals surface area (Å²) in [4.78, 5) is 0. The van der Waals surface area contributed by atoms with Gasteiger partial charge in [-0.25, -0.2) is 0 Å². The Morgan fingerprint density at radius 3 is 3.13 bits per heavy atom. The van der Waals surface area contributed by atoms with Gasteiger partial charge in [0.25, 0.3) is 0 Å². The van der Waals surface area contributed by atoms with Gasteiger partial charge in [0, 0.05) is 29.1 Å². The highest BCUT2D eigenvalue weighted by molar-refractivity contribution is 7.17. The molecule has 0 saturated carbocycles. The number of allylic oxidation sites excluding steroid dienone is 3. The molecule has 2 heteroatoms. The zero-order valence-electron chi connectivity index (χ0n) is 9.11. The number of fused-ring (bicyclic) bond motifs is 2. The lowest BCUT2D eigenvalue weighted by molar-refractivity contribution is 0.447. The second-order valence-electron chi connectivity index (χ2n) is 4.29. The van der Waals surface area contributed by atoms with Gasteiger partial charge >= 0.3 is 0 Å². The van der Waals surface area contributed by atoms with Crippen molar-refractivity contribution < 1.29 is 0 Å². The Morgan fingerprint density at radius 1 is 1.60 bits per heavy atom. The lowest BCUT2D eigenvalue weighted by Gasteiger charge is -2.27. The molecule has 1 nitrogen and oxygen atoms in total. The fourth-order valence-electron chi connectivity index (χ4n) is 2.36. The van der Waals surface area contributed by atoms with Crippen LogP contribution >= 0.6 is 9.24 Å². The maximum Gasteiger partial charge on any atom is 0.0464 e. The summed E-state index contributed by atoms with van der Waals surface area (Å²) in [6, 6.07) is 0.196. The van der Waals surface area contributed by atoms with E-state index in [4.69, 9.17) is 5.73 Å². The van der Waals surface area contributed by atoms with Crippen molar-refractivity contribution in [2.45, 2.75) is 31.5 Å². The molecule has 2 bridgehead atoms. The van der Waals surface area contributed by atoms with Crippen LogP contribution in [0.25, 0.3) is 0 Å². The first-order valence-corrected chi connectivity index (χ1v) is 6.30. The molecule has 0 saturated heterocycles. The van der Waals surface area contributed by atoms with Crippen molar-refractivity contribution in [3.63, 3.8) is 0 Å². The molecule has 0 fully saturated rings. The number of hydrogen-bond acceptors (Lipinski definition) is 1. The number of rotatable bonds is 1. The van der Waals surface area contributed by atoms with Crippen LogP contribution in [-0.4, -0.2) is 11.7 Å². The molecule has 2 N–H and O–H groups in total. The van der Waals surface area contributed by atoms with Gasteiger partial charge in [-0.1, -0.05) is 37.0 Å². The standard InChI is InChI=1S/C13H18NP/c1-2-11-9-5-3-4-6-10(8-7-9)13(15)12(11)14/h4-6,10-13H,2-3,14-15H2,1H3. The van der Waals surface area contributed by atoms with E-state index in [9.17, 15) is 0 Å². The van der Waals surface area contributed by atoms with Gasteiger partial charge in [-0.3, -0.25) is 0 Å². The van der Waals surface area contributed by atoms with E-state index in [1.165, 1.54) is 5.57 Å². The molecule has 0 heterocycles. The topological polar surface area (TPSA) is 26.0 Å². The largest absolute Gasteiger partial charge is 0.327 e. The lowest BCUT2D eigenvalue weighted by Crippen LogP contribution is -2.40. The molecule has 15 heavy (non-hydrogen) atoms. The quantitative estimate of drug-likeness (QED) is 0.408. The number of nitrogens with two attached hydrogens (primary N) is 1. The summed E-state index contributed by atoms with van der Waals surface area (Å²) >= 11 is 0. The first kappa shape index (κ1) is 10.9. The van der Waals surface area contributed by atoms with Gasteiger partial charge in [0.15, 0.2) is 0 Å². The van der Waals surface area contributed by atoms with Crippen molar-refractivity contribution >= 4 is 9.24 Å². The molecular formula is C13H18NP. The fraction of sp³-hybridized carbons (Fsp3) is 0.538. The van der Waals surface area contributed by atoms with E-state index in [-0.39, 0.29) is 6.04 Å². The Labute approximate surface area is 94.4 Å². The van der Waals surface area contributed by atoms with Crippen molar-refractivity contribution in [3.05, 3.63) is 23.8 Å². The summed E-state index contributed by atoms with van der Waals surface area (Å²) in [6.07, 6.45) is 8.73. The van der Waals surface area contributed by atoms with E-state index in [1.54, 1.807) is 0 Å². The molecule has 5 unspecified atom stereocenters. The smallest absolute Gasteiger partial charge is 0.0464 e. The molecule has 2 aliphatic rings. The molecule has 80 valence electrons. The summed E-state index contributed by atoms with van der Waals surface area (Å²) in [6.45, 7) is 2.20. The average Bonchev–Trinajstić information content (AvgIpc) is 2.27. The average molecular weight is 219 g/mol. The van der Waals surface area contributed by atoms with E-state index in [0.29, 0.717) is 17.5 Å². The predicted molar refractivity (Wildman–Crippen MR) is 68.4 cm³/mol.